The third-order valence-corrected chi connectivity index (χ3v) is 3.67. The number of ether oxygens (including phenoxy) is 1. The first-order valence-corrected chi connectivity index (χ1v) is 6.31. The molecule has 0 amide bonds. The molecule has 1 aromatic carbocycles. The highest BCUT2D eigenvalue weighted by molar-refractivity contribution is 7.84. The second-order valence-electron chi connectivity index (χ2n) is 3.33. The third-order valence-electron chi connectivity index (χ3n) is 2.02. The molecule has 0 radical (unpaired) electrons. The summed E-state index contributed by atoms with van der Waals surface area (Å²) < 4.78 is 16.6. The molecule has 1 aliphatic heterocycles. The van der Waals surface area contributed by atoms with Crippen molar-refractivity contribution in [2.45, 2.75) is 11.9 Å². The van der Waals surface area contributed by atoms with Crippen molar-refractivity contribution >= 4 is 22.4 Å². The molecule has 76 valence electrons. The molecule has 2 atom stereocenters. The Morgan fingerprint density at radius 3 is 2.64 bits per heavy atom. The van der Waals surface area contributed by atoms with Crippen LogP contribution in [0, 0.1) is 0 Å². The topological polar surface area (TPSA) is 29.6 Å². The summed E-state index contributed by atoms with van der Waals surface area (Å²) in [7, 11) is -0.813. The number of rotatable bonds is 4. The molecule has 1 aliphatic rings. The van der Waals surface area contributed by atoms with Gasteiger partial charge in [0, 0.05) is 21.6 Å². The summed E-state index contributed by atoms with van der Waals surface area (Å²) in [6, 6.07) is 7.46. The summed E-state index contributed by atoms with van der Waals surface area (Å²) in [6.07, 6.45) is 0.239. The SMILES string of the molecule is O=S(Cc1ccc(Cl)cc1)CC1CO1. The molecule has 14 heavy (non-hydrogen) atoms. The monoisotopic (exact) mass is 230 g/mol. The lowest BCUT2D eigenvalue weighted by Gasteiger charge is -2.00. The van der Waals surface area contributed by atoms with Gasteiger partial charge in [-0.05, 0) is 17.7 Å². The maximum absolute atomic E-state index is 11.5. The Hall–Kier alpha value is -0.380. The van der Waals surface area contributed by atoms with Crippen molar-refractivity contribution in [3.8, 4) is 0 Å². The Labute approximate surface area is 90.7 Å². The molecule has 2 nitrogen and oxygen atoms in total. The van der Waals surface area contributed by atoms with Gasteiger partial charge >= 0.3 is 0 Å². The molecule has 0 bridgehead atoms. The Kier molecular flexibility index (Phi) is 3.21. The average Bonchev–Trinajstić information content (AvgIpc) is 2.93. The first kappa shape index (κ1) is 10.1. The lowest BCUT2D eigenvalue weighted by molar-refractivity contribution is 0.424. The number of hydrogen-bond donors (Lipinski definition) is 0. The minimum Gasteiger partial charge on any atom is -0.372 e. The fourth-order valence-corrected chi connectivity index (χ4v) is 2.61. The van der Waals surface area contributed by atoms with Crippen LogP contribution in [-0.4, -0.2) is 22.7 Å². The van der Waals surface area contributed by atoms with Crippen LogP contribution >= 0.6 is 11.6 Å². The minimum absolute atomic E-state index is 0.239. The lowest BCUT2D eigenvalue weighted by atomic mass is 10.2. The average molecular weight is 231 g/mol. The van der Waals surface area contributed by atoms with E-state index >= 15 is 0 Å². The summed E-state index contributed by atoms with van der Waals surface area (Å²) in [5, 5.41) is 0.713. The molecule has 0 spiro atoms. The van der Waals surface area contributed by atoms with E-state index < -0.39 is 10.8 Å². The zero-order chi connectivity index (χ0) is 9.97. The van der Waals surface area contributed by atoms with E-state index in [1.807, 2.05) is 24.3 Å². The third kappa shape index (κ3) is 3.08. The molecule has 4 heteroatoms. The Morgan fingerprint density at radius 2 is 2.07 bits per heavy atom. The first-order valence-electron chi connectivity index (χ1n) is 4.45. The molecular formula is C10H11ClO2S. The summed E-state index contributed by atoms with van der Waals surface area (Å²) in [6.45, 7) is 0.770. The van der Waals surface area contributed by atoms with Gasteiger partial charge in [-0.1, -0.05) is 23.7 Å². The van der Waals surface area contributed by atoms with Crippen molar-refractivity contribution in [2.24, 2.45) is 0 Å². The second-order valence-corrected chi connectivity index (χ2v) is 5.27. The van der Waals surface area contributed by atoms with Crippen LogP contribution in [0.4, 0.5) is 0 Å². The van der Waals surface area contributed by atoms with E-state index in [4.69, 9.17) is 16.3 Å². The molecule has 0 aromatic heterocycles. The molecule has 1 fully saturated rings. The highest BCUT2D eigenvalue weighted by Gasteiger charge is 2.24. The second kappa shape index (κ2) is 4.43. The van der Waals surface area contributed by atoms with Gasteiger partial charge < -0.3 is 4.74 Å². The van der Waals surface area contributed by atoms with Crippen LogP contribution in [0.1, 0.15) is 5.56 Å². The van der Waals surface area contributed by atoms with Gasteiger partial charge in [0.1, 0.15) is 0 Å². The Bertz CT molecular complexity index is 332. The van der Waals surface area contributed by atoms with Gasteiger partial charge in [0.25, 0.3) is 0 Å². The van der Waals surface area contributed by atoms with Gasteiger partial charge in [-0.3, -0.25) is 4.21 Å². The highest BCUT2D eigenvalue weighted by Crippen LogP contribution is 2.14. The standard InChI is InChI=1S/C10H11ClO2S/c11-9-3-1-8(2-4-9)6-14(12)7-10-5-13-10/h1-4,10H,5-7H2. The van der Waals surface area contributed by atoms with Gasteiger partial charge in [-0.15, -0.1) is 0 Å². The highest BCUT2D eigenvalue weighted by atomic mass is 35.5. The van der Waals surface area contributed by atoms with Crippen LogP contribution in [0.15, 0.2) is 24.3 Å². The van der Waals surface area contributed by atoms with E-state index in [1.54, 1.807) is 0 Å². The molecule has 0 N–H and O–H groups in total. The maximum atomic E-state index is 11.5. The zero-order valence-corrected chi connectivity index (χ0v) is 9.18. The number of benzene rings is 1. The quantitative estimate of drug-likeness (QED) is 0.741. The van der Waals surface area contributed by atoms with Crippen molar-refractivity contribution in [1.82, 2.24) is 0 Å². The molecule has 1 saturated heterocycles. The Morgan fingerprint density at radius 1 is 1.43 bits per heavy atom. The fraction of sp³-hybridized carbons (Fsp3) is 0.400. The lowest BCUT2D eigenvalue weighted by Crippen LogP contribution is -2.06. The summed E-state index contributed by atoms with van der Waals surface area (Å²) in [5.74, 6) is 1.25. The van der Waals surface area contributed by atoms with Crippen molar-refractivity contribution in [3.63, 3.8) is 0 Å². The van der Waals surface area contributed by atoms with Crippen LogP contribution in [-0.2, 0) is 21.3 Å². The summed E-state index contributed by atoms with van der Waals surface area (Å²) >= 11 is 5.75. The Balaban J connectivity index is 1.89. The molecule has 2 rings (SSSR count). The first-order chi connectivity index (χ1) is 6.74. The smallest absolute Gasteiger partial charge is 0.0924 e. The van der Waals surface area contributed by atoms with Crippen molar-refractivity contribution in [1.29, 1.82) is 0 Å². The van der Waals surface area contributed by atoms with E-state index in [0.29, 0.717) is 16.5 Å². The van der Waals surface area contributed by atoms with Gasteiger partial charge in [0.2, 0.25) is 0 Å². The summed E-state index contributed by atoms with van der Waals surface area (Å²) in [4.78, 5) is 0. The zero-order valence-electron chi connectivity index (χ0n) is 7.61. The number of epoxide rings is 1. The van der Waals surface area contributed by atoms with Crippen LogP contribution in [0.25, 0.3) is 0 Å². The maximum Gasteiger partial charge on any atom is 0.0924 e. The van der Waals surface area contributed by atoms with Crippen molar-refractivity contribution < 1.29 is 8.95 Å². The molecule has 0 aliphatic carbocycles. The van der Waals surface area contributed by atoms with Gasteiger partial charge in [0.05, 0.1) is 18.5 Å². The van der Waals surface area contributed by atoms with Gasteiger partial charge in [-0.2, -0.15) is 0 Å². The van der Waals surface area contributed by atoms with E-state index in [9.17, 15) is 4.21 Å². The predicted octanol–water partition coefficient (Wildman–Crippen LogP) is 1.99. The number of halogens is 1. The fourth-order valence-electron chi connectivity index (χ4n) is 1.20. The van der Waals surface area contributed by atoms with Gasteiger partial charge in [0.15, 0.2) is 0 Å². The molecule has 1 heterocycles. The largest absolute Gasteiger partial charge is 0.372 e. The van der Waals surface area contributed by atoms with E-state index in [0.717, 1.165) is 12.2 Å². The number of hydrogen-bond acceptors (Lipinski definition) is 2. The van der Waals surface area contributed by atoms with E-state index in [-0.39, 0.29) is 6.10 Å². The summed E-state index contributed by atoms with van der Waals surface area (Å²) in [5.41, 5.74) is 1.06. The molecule has 1 aromatic rings. The minimum atomic E-state index is -0.813. The normalized spacial score (nSPS) is 21.9. The van der Waals surface area contributed by atoms with Crippen LogP contribution in [0.2, 0.25) is 5.02 Å². The molecule has 0 saturated carbocycles. The molecule has 2 unspecified atom stereocenters. The van der Waals surface area contributed by atoms with Crippen LogP contribution in [0.3, 0.4) is 0 Å². The predicted molar refractivity (Wildman–Crippen MR) is 57.9 cm³/mol. The van der Waals surface area contributed by atoms with E-state index in [2.05, 4.69) is 0 Å². The van der Waals surface area contributed by atoms with Gasteiger partial charge in [-0.25, -0.2) is 0 Å². The van der Waals surface area contributed by atoms with Crippen LogP contribution < -0.4 is 0 Å². The van der Waals surface area contributed by atoms with Crippen molar-refractivity contribution in [2.75, 3.05) is 12.4 Å². The van der Waals surface area contributed by atoms with Crippen LogP contribution in [0.5, 0.6) is 0 Å². The van der Waals surface area contributed by atoms with Crippen molar-refractivity contribution in [3.05, 3.63) is 34.9 Å². The van der Waals surface area contributed by atoms with E-state index in [1.165, 1.54) is 0 Å². The molecular weight excluding hydrogens is 220 g/mol.